The lowest BCUT2D eigenvalue weighted by molar-refractivity contribution is -0.383. The number of nitro benzene ring substituents is 1. The van der Waals surface area contributed by atoms with Crippen LogP contribution in [0.1, 0.15) is 17.3 Å². The number of benzene rings is 2. The minimum atomic E-state index is -4.84. The van der Waals surface area contributed by atoms with Crippen LogP contribution in [0.2, 0.25) is 0 Å². The molecule has 0 unspecified atom stereocenters. The third kappa shape index (κ3) is 4.45. The molecule has 0 saturated carbocycles. The zero-order valence-electron chi connectivity index (χ0n) is 12.3. The van der Waals surface area contributed by atoms with Crippen LogP contribution < -0.4 is 10.1 Å². The van der Waals surface area contributed by atoms with E-state index in [0.29, 0.717) is 0 Å². The fraction of sp³-hybridized carbons (Fsp3) is 0.133. The van der Waals surface area contributed by atoms with Crippen LogP contribution in [0.3, 0.4) is 0 Å². The van der Waals surface area contributed by atoms with E-state index in [-0.39, 0.29) is 28.4 Å². The average Bonchev–Trinajstić information content (AvgIpc) is 2.45. The lowest BCUT2D eigenvalue weighted by Crippen LogP contribution is -2.17. The first kappa shape index (κ1) is 17.3. The van der Waals surface area contributed by atoms with Crippen molar-refractivity contribution in [1.29, 1.82) is 0 Å². The van der Waals surface area contributed by atoms with Gasteiger partial charge in [0.05, 0.1) is 4.92 Å². The second kappa shape index (κ2) is 6.57. The summed E-state index contributed by atoms with van der Waals surface area (Å²) in [6.07, 6.45) is -4.84. The number of hydrogen-bond acceptors (Lipinski definition) is 5. The molecule has 0 aliphatic carbocycles. The molecule has 2 aromatic carbocycles. The molecule has 0 aliphatic rings. The Kier molecular flexibility index (Phi) is 4.72. The Hall–Kier alpha value is -3.10. The van der Waals surface area contributed by atoms with Crippen LogP contribution >= 0.6 is 0 Å². The fourth-order valence-corrected chi connectivity index (χ4v) is 1.93. The zero-order chi connectivity index (χ0) is 17.9. The lowest BCUT2D eigenvalue weighted by Gasteiger charge is -2.11. The highest BCUT2D eigenvalue weighted by molar-refractivity contribution is 5.95. The van der Waals surface area contributed by atoms with Gasteiger partial charge in [0.1, 0.15) is 11.4 Å². The SMILES string of the molecule is CC(=O)c1ccc(Nc2cccc(OC(F)(F)F)c2)c([N+](=O)[O-])c1. The monoisotopic (exact) mass is 340 g/mol. The van der Waals surface area contributed by atoms with Crippen LogP contribution in [0.15, 0.2) is 42.5 Å². The number of nitrogens with one attached hydrogen (secondary N) is 1. The molecule has 126 valence electrons. The van der Waals surface area contributed by atoms with Gasteiger partial charge in [0.25, 0.3) is 5.69 Å². The number of ketones is 1. The summed E-state index contributed by atoms with van der Waals surface area (Å²) in [5.74, 6) is -0.805. The molecule has 0 bridgehead atoms. The normalized spacial score (nSPS) is 11.0. The number of nitro groups is 1. The van der Waals surface area contributed by atoms with E-state index in [4.69, 9.17) is 0 Å². The quantitative estimate of drug-likeness (QED) is 0.494. The fourth-order valence-electron chi connectivity index (χ4n) is 1.93. The van der Waals surface area contributed by atoms with Crippen molar-refractivity contribution in [1.82, 2.24) is 0 Å². The predicted molar refractivity (Wildman–Crippen MR) is 79.5 cm³/mol. The molecular formula is C15H11F3N2O4. The second-order valence-corrected chi connectivity index (χ2v) is 4.75. The molecule has 2 rings (SSSR count). The molecule has 0 spiro atoms. The number of halogens is 3. The first-order valence-corrected chi connectivity index (χ1v) is 6.58. The van der Waals surface area contributed by atoms with Gasteiger partial charge in [-0.2, -0.15) is 0 Å². The minimum Gasteiger partial charge on any atom is -0.406 e. The van der Waals surface area contributed by atoms with Gasteiger partial charge >= 0.3 is 6.36 Å². The summed E-state index contributed by atoms with van der Waals surface area (Å²) in [4.78, 5) is 21.7. The van der Waals surface area contributed by atoms with Gasteiger partial charge in [-0.15, -0.1) is 13.2 Å². The summed E-state index contributed by atoms with van der Waals surface area (Å²) in [5, 5.41) is 13.8. The molecule has 9 heteroatoms. The van der Waals surface area contributed by atoms with E-state index in [9.17, 15) is 28.1 Å². The number of carbonyl (C=O) groups excluding carboxylic acids is 1. The van der Waals surface area contributed by atoms with Gasteiger partial charge in [-0.3, -0.25) is 14.9 Å². The average molecular weight is 340 g/mol. The molecule has 0 heterocycles. The molecule has 0 atom stereocenters. The minimum absolute atomic E-state index is 0.0363. The van der Waals surface area contributed by atoms with Gasteiger partial charge < -0.3 is 10.1 Å². The molecule has 0 aromatic heterocycles. The highest BCUT2D eigenvalue weighted by Crippen LogP contribution is 2.31. The third-order valence-corrected chi connectivity index (χ3v) is 2.95. The number of rotatable bonds is 5. The molecule has 0 radical (unpaired) electrons. The highest BCUT2D eigenvalue weighted by Gasteiger charge is 2.31. The van der Waals surface area contributed by atoms with Gasteiger partial charge in [0.2, 0.25) is 0 Å². The maximum atomic E-state index is 12.2. The Labute approximate surface area is 134 Å². The summed E-state index contributed by atoms with van der Waals surface area (Å²) in [5.41, 5.74) is -0.0177. The summed E-state index contributed by atoms with van der Waals surface area (Å²) in [6, 6.07) is 8.67. The summed E-state index contributed by atoms with van der Waals surface area (Å²) in [7, 11) is 0. The van der Waals surface area contributed by atoms with E-state index < -0.39 is 17.0 Å². The van der Waals surface area contributed by atoms with Crippen molar-refractivity contribution < 1.29 is 27.6 Å². The number of hydrogen-bond donors (Lipinski definition) is 1. The van der Waals surface area contributed by atoms with E-state index in [1.807, 2.05) is 0 Å². The molecular weight excluding hydrogens is 329 g/mol. The number of alkyl halides is 3. The highest BCUT2D eigenvalue weighted by atomic mass is 19.4. The number of carbonyl (C=O) groups is 1. The predicted octanol–water partition coefficient (Wildman–Crippen LogP) is 4.44. The van der Waals surface area contributed by atoms with Gasteiger partial charge in [-0.1, -0.05) is 6.07 Å². The molecule has 0 fully saturated rings. The maximum Gasteiger partial charge on any atom is 0.573 e. The summed E-state index contributed by atoms with van der Waals surface area (Å²) in [6.45, 7) is 1.27. The van der Waals surface area contributed by atoms with Crippen LogP contribution in [0.5, 0.6) is 5.75 Å². The van der Waals surface area contributed by atoms with Crippen molar-refractivity contribution in [3.63, 3.8) is 0 Å². The van der Waals surface area contributed by atoms with Crippen LogP contribution in [-0.4, -0.2) is 17.1 Å². The van der Waals surface area contributed by atoms with Crippen molar-refractivity contribution in [3.05, 3.63) is 58.1 Å². The van der Waals surface area contributed by atoms with Crippen molar-refractivity contribution in [2.75, 3.05) is 5.32 Å². The van der Waals surface area contributed by atoms with E-state index in [0.717, 1.165) is 18.2 Å². The topological polar surface area (TPSA) is 81.5 Å². The van der Waals surface area contributed by atoms with Crippen molar-refractivity contribution in [3.8, 4) is 5.75 Å². The Bertz CT molecular complexity index is 791. The van der Waals surface area contributed by atoms with E-state index in [1.54, 1.807) is 0 Å². The molecule has 24 heavy (non-hydrogen) atoms. The maximum absolute atomic E-state index is 12.2. The Morgan fingerprint density at radius 3 is 2.50 bits per heavy atom. The summed E-state index contributed by atoms with van der Waals surface area (Å²) >= 11 is 0. The van der Waals surface area contributed by atoms with Gasteiger partial charge in [0, 0.05) is 23.4 Å². The molecule has 0 aliphatic heterocycles. The molecule has 0 amide bonds. The third-order valence-electron chi connectivity index (χ3n) is 2.95. The van der Waals surface area contributed by atoms with E-state index in [1.165, 1.54) is 31.2 Å². The van der Waals surface area contributed by atoms with Crippen molar-refractivity contribution in [2.45, 2.75) is 13.3 Å². The van der Waals surface area contributed by atoms with Gasteiger partial charge in [-0.05, 0) is 31.2 Å². The molecule has 0 saturated heterocycles. The van der Waals surface area contributed by atoms with Crippen LogP contribution in [0, 0.1) is 10.1 Å². The number of nitrogens with zero attached hydrogens (tertiary/aromatic N) is 1. The van der Waals surface area contributed by atoms with Crippen LogP contribution in [0.25, 0.3) is 0 Å². The first-order valence-electron chi connectivity index (χ1n) is 6.58. The molecule has 1 N–H and O–H groups in total. The summed E-state index contributed by atoms with van der Waals surface area (Å²) < 4.78 is 40.5. The standard InChI is InChI=1S/C15H11F3N2O4/c1-9(21)10-5-6-13(14(7-10)20(22)23)19-11-3-2-4-12(8-11)24-15(16,17)18/h2-8,19H,1H3. The van der Waals surface area contributed by atoms with E-state index >= 15 is 0 Å². The Morgan fingerprint density at radius 2 is 1.92 bits per heavy atom. The number of Topliss-reactive ketones (excluding diaryl/α,β-unsaturated/α-hetero) is 1. The van der Waals surface area contributed by atoms with Gasteiger partial charge in [0.15, 0.2) is 5.78 Å². The molecule has 6 nitrogen and oxygen atoms in total. The second-order valence-electron chi connectivity index (χ2n) is 4.75. The largest absolute Gasteiger partial charge is 0.573 e. The van der Waals surface area contributed by atoms with Crippen LogP contribution in [-0.2, 0) is 0 Å². The van der Waals surface area contributed by atoms with Crippen LogP contribution in [0.4, 0.5) is 30.2 Å². The first-order chi connectivity index (χ1) is 11.2. The molecule has 2 aromatic rings. The Balaban J connectivity index is 2.32. The van der Waals surface area contributed by atoms with Crippen molar-refractivity contribution >= 4 is 22.8 Å². The lowest BCUT2D eigenvalue weighted by atomic mass is 10.1. The Morgan fingerprint density at radius 1 is 1.21 bits per heavy atom. The van der Waals surface area contributed by atoms with E-state index in [2.05, 4.69) is 10.1 Å². The number of anilines is 2. The van der Waals surface area contributed by atoms with Gasteiger partial charge in [-0.25, -0.2) is 0 Å². The number of ether oxygens (including phenoxy) is 1. The zero-order valence-corrected chi connectivity index (χ0v) is 12.3. The van der Waals surface area contributed by atoms with Crippen molar-refractivity contribution in [2.24, 2.45) is 0 Å². The smallest absolute Gasteiger partial charge is 0.406 e.